The van der Waals surface area contributed by atoms with Crippen molar-refractivity contribution in [3.8, 4) is 0 Å². The maximum atomic E-state index is 15.1. The summed E-state index contributed by atoms with van der Waals surface area (Å²) in [7, 11) is 5.48. The van der Waals surface area contributed by atoms with E-state index in [4.69, 9.17) is 18.9 Å². The van der Waals surface area contributed by atoms with Crippen molar-refractivity contribution in [1.82, 2.24) is 29.4 Å². The minimum absolute atomic E-state index is 0.0166. The number of rotatable bonds is 17. The van der Waals surface area contributed by atoms with E-state index in [2.05, 4.69) is 5.10 Å². The Balaban J connectivity index is 1.87. The van der Waals surface area contributed by atoms with Gasteiger partial charge in [0.05, 0.1) is 11.5 Å². The fraction of sp³-hybridized carbons (Fsp3) is 0.617. The van der Waals surface area contributed by atoms with Crippen molar-refractivity contribution < 1.29 is 62.2 Å². The second kappa shape index (κ2) is 30.0. The van der Waals surface area contributed by atoms with Gasteiger partial charge in [0, 0.05) is 41.0 Å². The van der Waals surface area contributed by atoms with Crippen LogP contribution in [0.15, 0.2) is 54.6 Å². The van der Waals surface area contributed by atoms with Gasteiger partial charge in [-0.1, -0.05) is 124 Å². The minimum Gasteiger partial charge on any atom is -0.451 e. The van der Waals surface area contributed by atoms with Gasteiger partial charge in [0.2, 0.25) is 0 Å². The molecular formula is C60H87N7O14. The Hall–Kier alpha value is -7.19. The van der Waals surface area contributed by atoms with Gasteiger partial charge in [0.25, 0.3) is 23.6 Å². The van der Waals surface area contributed by atoms with Crippen LogP contribution < -0.4 is 0 Å². The fourth-order valence-corrected chi connectivity index (χ4v) is 9.95. The van der Waals surface area contributed by atoms with E-state index in [-0.39, 0.29) is 74.4 Å². The van der Waals surface area contributed by atoms with E-state index in [1.165, 1.54) is 42.0 Å². The summed E-state index contributed by atoms with van der Waals surface area (Å²) in [4.78, 5) is 133. The minimum atomic E-state index is -1.61. The SMILES string of the molecule is CCc1nn(Cc2ccc(C[C@H]3OC(=O)[C@H](CC(C)C)N(C)C(=O)[C@@H](C)OC(=O)[C@H](CC(C)C)N(C)C(=O)[C@@H](Cc4ccccc4)OC(=O)[C@H](CC(C)C)N(C)C(=O)[C@@H](C)OC(=O)[C@H](CC(C)C)N(C)C3=O)cc2)c(CC)c1[N+](=O)[O-]. The lowest BCUT2D eigenvalue weighted by molar-refractivity contribution is -0.386. The number of carbonyl (C=O) groups excluding carboxylic acids is 8. The molecule has 1 aliphatic heterocycles. The van der Waals surface area contributed by atoms with Gasteiger partial charge in [-0.2, -0.15) is 5.10 Å². The second-order valence-electron chi connectivity index (χ2n) is 23.0. The van der Waals surface area contributed by atoms with Crippen molar-refractivity contribution in [2.45, 2.75) is 190 Å². The van der Waals surface area contributed by atoms with E-state index in [0.29, 0.717) is 35.4 Å². The first-order valence-corrected chi connectivity index (χ1v) is 28.2. The van der Waals surface area contributed by atoms with Crippen LogP contribution in [0.25, 0.3) is 0 Å². The zero-order valence-electron chi connectivity index (χ0n) is 50.3. The van der Waals surface area contributed by atoms with Gasteiger partial charge in [-0.15, -0.1) is 0 Å². The van der Waals surface area contributed by atoms with E-state index >= 15 is 4.79 Å². The Labute approximate surface area is 477 Å². The molecule has 21 heteroatoms. The predicted molar refractivity (Wildman–Crippen MR) is 302 cm³/mol. The Morgan fingerprint density at radius 1 is 0.494 bits per heavy atom. The van der Waals surface area contributed by atoms with Gasteiger partial charge in [-0.25, -0.2) is 19.2 Å². The van der Waals surface area contributed by atoms with E-state index in [9.17, 15) is 43.7 Å². The summed E-state index contributed by atoms with van der Waals surface area (Å²) in [6.07, 6.45) is -5.44. The molecule has 8 atom stereocenters. The number of aromatic nitrogens is 2. The Kier molecular flexibility index (Phi) is 24.6. The molecule has 1 aliphatic rings. The zero-order chi connectivity index (χ0) is 60.7. The van der Waals surface area contributed by atoms with Gasteiger partial charge in [0.15, 0.2) is 24.4 Å². The average molecular weight is 1130 g/mol. The highest BCUT2D eigenvalue weighted by atomic mass is 16.6. The molecule has 4 rings (SSSR count). The smallest absolute Gasteiger partial charge is 0.329 e. The summed E-state index contributed by atoms with van der Waals surface area (Å²) in [5.41, 5.74) is 2.72. The number of ether oxygens (including phenoxy) is 4. The molecule has 3 aromatic rings. The van der Waals surface area contributed by atoms with Gasteiger partial charge < -0.3 is 38.5 Å². The van der Waals surface area contributed by atoms with E-state index in [1.807, 2.05) is 62.3 Å². The van der Waals surface area contributed by atoms with E-state index < -0.39 is 101 Å². The van der Waals surface area contributed by atoms with E-state index in [1.54, 1.807) is 66.2 Å². The number of carbonyl (C=O) groups is 8. The monoisotopic (exact) mass is 1130 g/mol. The van der Waals surface area contributed by atoms with Crippen LogP contribution in [0.1, 0.15) is 137 Å². The lowest BCUT2D eigenvalue weighted by Gasteiger charge is -2.35. The lowest BCUT2D eigenvalue weighted by Crippen LogP contribution is -2.55. The topological polar surface area (TPSA) is 247 Å². The molecule has 2 aromatic carbocycles. The van der Waals surface area contributed by atoms with Crippen LogP contribution in [0, 0.1) is 33.8 Å². The van der Waals surface area contributed by atoms with Crippen LogP contribution in [0.5, 0.6) is 0 Å². The summed E-state index contributed by atoms with van der Waals surface area (Å²) in [5, 5.41) is 16.5. The third-order valence-corrected chi connectivity index (χ3v) is 14.5. The summed E-state index contributed by atoms with van der Waals surface area (Å²) in [6.45, 7) is 21.2. The number of benzene rings is 2. The Morgan fingerprint density at radius 2 is 0.827 bits per heavy atom. The molecule has 0 spiro atoms. The van der Waals surface area contributed by atoms with Crippen molar-refractivity contribution in [3.05, 3.63) is 92.8 Å². The molecule has 4 amide bonds. The number of hydrogen-bond donors (Lipinski definition) is 0. The highest BCUT2D eigenvalue weighted by molar-refractivity contribution is 5.94. The number of cyclic esters (lactones) is 4. The largest absolute Gasteiger partial charge is 0.451 e. The number of likely N-dealkylation sites (N-methyl/N-ethyl adjacent to an activating group) is 4. The standard InChI is InChI=1S/C60H87N7O14/c1-17-44-52(67(76)77)45(18-2)66(61-44)34-43-26-24-42(25-27-43)33-51-56(71)65(16)47(29-36(5)6)58(73)79-39(11)53(68)62(13)48(30-37(7)8)59(74)80-50(32-41-22-20-19-21-23-41)55(70)64(15)46(28-35(3)4)57(72)78-40(12)54(69)63(14)49(31-38(9)10)60(75)81-51/h19-27,35-40,46-51H,17-18,28-34H2,1-16H3/t39-,40-,46+,47+,48+,49+,50-,51-/m1/s1. The number of aryl methyl sites for hydroxylation is 1. The van der Waals surface area contributed by atoms with Crippen LogP contribution in [0.4, 0.5) is 5.69 Å². The molecule has 0 radical (unpaired) electrons. The van der Waals surface area contributed by atoms with Crippen molar-refractivity contribution in [2.75, 3.05) is 28.2 Å². The molecule has 1 saturated heterocycles. The molecule has 81 heavy (non-hydrogen) atoms. The van der Waals surface area contributed by atoms with E-state index in [0.717, 1.165) is 25.2 Å². The van der Waals surface area contributed by atoms with Crippen LogP contribution in [0.2, 0.25) is 0 Å². The first-order chi connectivity index (χ1) is 38.0. The van der Waals surface area contributed by atoms with Crippen LogP contribution >= 0.6 is 0 Å². The van der Waals surface area contributed by atoms with Gasteiger partial charge >= 0.3 is 29.6 Å². The van der Waals surface area contributed by atoms with Gasteiger partial charge in [0.1, 0.15) is 35.6 Å². The van der Waals surface area contributed by atoms with Crippen LogP contribution in [-0.2, 0) is 89.5 Å². The molecule has 0 aliphatic carbocycles. The summed E-state index contributed by atoms with van der Waals surface area (Å²) in [5.74, 6) is -7.68. The van der Waals surface area contributed by atoms with Crippen molar-refractivity contribution >= 4 is 53.2 Å². The highest BCUT2D eigenvalue weighted by Crippen LogP contribution is 2.27. The molecule has 21 nitrogen and oxygen atoms in total. The molecule has 1 aromatic heterocycles. The highest BCUT2D eigenvalue weighted by Gasteiger charge is 2.43. The molecule has 2 heterocycles. The fourth-order valence-electron chi connectivity index (χ4n) is 9.95. The molecule has 446 valence electrons. The second-order valence-corrected chi connectivity index (χ2v) is 23.0. The van der Waals surface area contributed by atoms with Crippen LogP contribution in [-0.4, -0.2) is 159 Å². The molecule has 0 N–H and O–H groups in total. The van der Waals surface area contributed by atoms with Gasteiger partial charge in [-0.05, 0) is 92.7 Å². The Bertz CT molecular complexity index is 2650. The summed E-state index contributed by atoms with van der Waals surface area (Å²) < 4.78 is 25.6. The number of nitrogens with zero attached hydrogens (tertiary/aromatic N) is 7. The number of hydrogen-bond acceptors (Lipinski definition) is 15. The molecule has 0 bridgehead atoms. The predicted octanol–water partition coefficient (Wildman–Crippen LogP) is 6.94. The number of amides is 4. The van der Waals surface area contributed by atoms with Crippen LogP contribution in [0.3, 0.4) is 0 Å². The maximum absolute atomic E-state index is 15.1. The summed E-state index contributed by atoms with van der Waals surface area (Å²) in [6, 6.07) is 10.6. The van der Waals surface area contributed by atoms with Crippen molar-refractivity contribution in [2.24, 2.45) is 23.7 Å². The average Bonchev–Trinajstić information content (AvgIpc) is 3.79. The molecule has 0 saturated carbocycles. The lowest BCUT2D eigenvalue weighted by atomic mass is 9.99. The quantitative estimate of drug-likeness (QED) is 0.0575. The third-order valence-electron chi connectivity index (χ3n) is 14.5. The van der Waals surface area contributed by atoms with Crippen molar-refractivity contribution in [1.29, 1.82) is 0 Å². The number of esters is 4. The first kappa shape index (κ1) is 66.3. The molecule has 0 unspecified atom stereocenters. The third kappa shape index (κ3) is 17.9. The normalized spacial score (nSPS) is 23.1. The molecule has 1 fully saturated rings. The summed E-state index contributed by atoms with van der Waals surface area (Å²) >= 11 is 0. The zero-order valence-corrected chi connectivity index (χ0v) is 50.3. The van der Waals surface area contributed by atoms with Gasteiger partial charge in [-0.3, -0.25) is 34.0 Å². The van der Waals surface area contributed by atoms with Crippen molar-refractivity contribution in [3.63, 3.8) is 0 Å². The number of nitro groups is 1. The first-order valence-electron chi connectivity index (χ1n) is 28.2. The molecular weight excluding hydrogens is 1040 g/mol. The maximum Gasteiger partial charge on any atom is 0.329 e. The Morgan fingerprint density at radius 3 is 1.16 bits per heavy atom.